The van der Waals surface area contributed by atoms with Gasteiger partial charge in [0.2, 0.25) is 29.5 Å². The predicted octanol–water partition coefficient (Wildman–Crippen LogP) is -4.64. The largest absolute Gasteiger partial charge is 0.481 e. The topological polar surface area (TPSA) is 394 Å². The fourth-order valence-electron chi connectivity index (χ4n) is 7.42. The second-order valence-corrected chi connectivity index (χ2v) is 16.4. The number of aliphatic carboxylic acids is 1. The fraction of sp³-hybridized carbons (Fsp3) is 0.595. The number of nitrogens with one attached hydrogen (secondary N) is 6. The first-order valence-corrected chi connectivity index (χ1v) is 22.2. The van der Waals surface area contributed by atoms with E-state index in [-0.39, 0.29) is 77.1 Å². The van der Waals surface area contributed by atoms with Gasteiger partial charge in [-0.15, -0.1) is 5.10 Å². The summed E-state index contributed by atoms with van der Waals surface area (Å²) in [6.07, 6.45) is -7.32. The molecule has 6 amide bonds. The molecule has 0 radical (unpaired) electrons. The van der Waals surface area contributed by atoms with Gasteiger partial charge in [-0.1, -0.05) is 35.5 Å². The van der Waals surface area contributed by atoms with Crippen LogP contribution in [0.1, 0.15) is 62.6 Å². The minimum absolute atomic E-state index is 0.0126. The van der Waals surface area contributed by atoms with E-state index in [2.05, 4.69) is 47.2 Å². The molecule has 14 N–H and O–H groups in total. The van der Waals surface area contributed by atoms with Crippen LogP contribution in [0.4, 0.5) is 4.39 Å². The molecule has 1 aromatic heterocycles. The number of carbonyl (C=O) groups excluding carboxylic acids is 7. The number of nitrogens with two attached hydrogens (primary N) is 2. The van der Waals surface area contributed by atoms with Gasteiger partial charge in [-0.2, -0.15) is 0 Å². The van der Waals surface area contributed by atoms with Crippen molar-refractivity contribution in [2.24, 2.45) is 22.4 Å². The van der Waals surface area contributed by atoms with Gasteiger partial charge in [-0.05, 0) is 56.9 Å². The standard InChI is InChI=1S/C42H61FN12O13/c43-13-6-10-25-21-55(54-53-25)22-32(58)48-19-30-34(61)35(62)36(63)37(68-30)41(67)46-14-5-4-11-27-40(66)52-26(12-7-15-47-42(44)45)39(65)49-20-31(57)50-28(18-33(59)60)29(56)17-24(38(64)51-27)16-23-8-2-1-3-9-23/h1-3,8-9,21,24,26-28,30,34-37,61-63H,4-7,10-20,22H2,(H,46,67)(H,48,58)(H,49,65)(H,50,57)(H,51,64)(H,52,66)(H,59,60)(H4,44,45,47)/t24-,26-,27-,28-,30-,34-,35+,36+,37-/m0/s1/i43-1. The molecule has 0 spiro atoms. The Bertz CT molecular complexity index is 2070. The second kappa shape index (κ2) is 27.2. The number of aryl methyl sites for hydroxylation is 1. The van der Waals surface area contributed by atoms with Crippen molar-refractivity contribution in [2.75, 3.05) is 32.9 Å². The molecule has 68 heavy (non-hydrogen) atoms. The molecular weight excluding hydrogens is 899 g/mol. The maximum Gasteiger partial charge on any atom is 0.305 e. The van der Waals surface area contributed by atoms with E-state index in [1.165, 1.54) is 10.9 Å². The molecule has 0 unspecified atom stereocenters. The van der Waals surface area contributed by atoms with Crippen LogP contribution >= 0.6 is 0 Å². The highest BCUT2D eigenvalue weighted by Crippen LogP contribution is 2.22. The maximum absolute atomic E-state index is 14.1. The van der Waals surface area contributed by atoms with Crippen LogP contribution in [0.25, 0.3) is 0 Å². The number of hydrogen-bond donors (Lipinski definition) is 12. The molecule has 25 nitrogen and oxygen atoms in total. The maximum atomic E-state index is 14.1. The van der Waals surface area contributed by atoms with Crippen molar-refractivity contribution in [3.05, 3.63) is 47.8 Å². The van der Waals surface area contributed by atoms with E-state index in [9.17, 15) is 63.2 Å². The van der Waals surface area contributed by atoms with E-state index in [4.69, 9.17) is 16.2 Å². The number of halogens is 1. The number of aliphatic imine (C=N–C) groups is 1. The van der Waals surface area contributed by atoms with E-state index < -0.39 is 128 Å². The molecule has 2 saturated heterocycles. The number of hydrogen-bond acceptors (Lipinski definition) is 15. The van der Waals surface area contributed by atoms with Gasteiger partial charge in [0.05, 0.1) is 31.4 Å². The highest BCUT2D eigenvalue weighted by atomic mass is 18.2. The average molecular weight is 960 g/mol. The molecule has 0 bridgehead atoms. The zero-order valence-corrected chi connectivity index (χ0v) is 37.3. The Morgan fingerprint density at radius 1 is 0.868 bits per heavy atom. The number of rotatable bonds is 21. The van der Waals surface area contributed by atoms with Crippen LogP contribution < -0.4 is 43.4 Å². The first-order valence-electron chi connectivity index (χ1n) is 22.2. The van der Waals surface area contributed by atoms with Crippen LogP contribution in [0.2, 0.25) is 0 Å². The number of guanidine groups is 1. The van der Waals surface area contributed by atoms with Crippen molar-refractivity contribution in [1.29, 1.82) is 0 Å². The predicted molar refractivity (Wildman–Crippen MR) is 235 cm³/mol. The zero-order valence-electron chi connectivity index (χ0n) is 37.3. The summed E-state index contributed by atoms with van der Waals surface area (Å²) in [5.74, 6) is -8.27. The number of aliphatic hydroxyl groups excluding tert-OH is 3. The molecule has 26 heteroatoms. The van der Waals surface area contributed by atoms with Gasteiger partial charge in [-0.25, -0.2) is 4.68 Å². The molecule has 1 aromatic carbocycles. The molecular formula is C42H61FN12O13. The first kappa shape index (κ1) is 54.0. The number of ketones is 1. The molecule has 374 valence electrons. The minimum atomic E-state index is -1.86. The zero-order chi connectivity index (χ0) is 49.8. The number of aromatic nitrogens is 3. The lowest BCUT2D eigenvalue weighted by molar-refractivity contribution is -0.219. The lowest BCUT2D eigenvalue weighted by Crippen LogP contribution is -2.63. The minimum Gasteiger partial charge on any atom is -0.481 e. The molecule has 2 aromatic rings. The lowest BCUT2D eigenvalue weighted by Gasteiger charge is -2.40. The van der Waals surface area contributed by atoms with Gasteiger partial charge in [-0.3, -0.25) is 47.7 Å². The lowest BCUT2D eigenvalue weighted by atomic mass is 9.90. The highest BCUT2D eigenvalue weighted by Gasteiger charge is 2.46. The Morgan fingerprint density at radius 3 is 2.28 bits per heavy atom. The Labute approximate surface area is 389 Å². The SMILES string of the molecule is NC(N)=NCCC[C@@H]1NC(=O)[C@H](CCCCNC(=O)[C@H]2O[C@@H](CNC(=O)Cn3cc(CCC[18F])nn3)[C@H](O)[C@@H](O)[C@H]2O)NC(=O)[C@@H](Cc2ccccc2)CC(=O)[C@H](CC(=O)O)NC(=O)CNC1=O. The molecule has 3 heterocycles. The summed E-state index contributed by atoms with van der Waals surface area (Å²) in [5, 5.41) is 64.1. The van der Waals surface area contributed by atoms with Gasteiger partial charge < -0.3 is 68.5 Å². The summed E-state index contributed by atoms with van der Waals surface area (Å²) in [4.78, 5) is 109. The summed E-state index contributed by atoms with van der Waals surface area (Å²) in [6.45, 7) is -1.88. The Morgan fingerprint density at radius 2 is 1.57 bits per heavy atom. The molecule has 4 rings (SSSR count). The first-order chi connectivity index (χ1) is 32.4. The Kier molecular flexibility index (Phi) is 21.6. The van der Waals surface area contributed by atoms with Crippen molar-refractivity contribution in [1.82, 2.24) is 46.9 Å². The third kappa shape index (κ3) is 17.5. The molecule has 2 aliphatic rings. The van der Waals surface area contributed by atoms with Crippen LogP contribution in [0, 0.1) is 5.92 Å². The van der Waals surface area contributed by atoms with Crippen LogP contribution in [0.15, 0.2) is 41.5 Å². The molecule has 0 saturated carbocycles. The summed E-state index contributed by atoms with van der Waals surface area (Å²) >= 11 is 0. The van der Waals surface area contributed by atoms with Crippen molar-refractivity contribution < 1.29 is 67.9 Å². The third-order valence-electron chi connectivity index (χ3n) is 11.0. The fourth-order valence-corrected chi connectivity index (χ4v) is 7.42. The number of carbonyl (C=O) groups is 8. The Balaban J connectivity index is 1.45. The van der Waals surface area contributed by atoms with E-state index >= 15 is 0 Å². The number of benzene rings is 1. The number of carboxylic acids is 1. The van der Waals surface area contributed by atoms with Crippen LogP contribution in [0.3, 0.4) is 0 Å². The number of Topliss-reactive ketones (excluding diaryl/α,β-unsaturated/α-hetero) is 1. The van der Waals surface area contributed by atoms with Gasteiger partial charge in [0.25, 0.3) is 5.91 Å². The normalized spacial score (nSPS) is 25.1. The highest BCUT2D eigenvalue weighted by molar-refractivity contribution is 5.98. The number of nitrogens with zero attached hydrogens (tertiary/aromatic N) is 4. The number of ether oxygens (including phenoxy) is 1. The summed E-state index contributed by atoms with van der Waals surface area (Å²) < 4.78 is 19.4. The van der Waals surface area contributed by atoms with Gasteiger partial charge >= 0.3 is 5.97 Å². The Hall–Kier alpha value is -6.64. The molecule has 2 aliphatic heterocycles. The van der Waals surface area contributed by atoms with E-state index in [1.54, 1.807) is 30.3 Å². The molecule has 0 aliphatic carbocycles. The van der Waals surface area contributed by atoms with Gasteiger partial charge in [0.15, 0.2) is 17.8 Å². The second-order valence-electron chi connectivity index (χ2n) is 16.4. The number of amides is 6. The number of unbranched alkanes of at least 4 members (excludes halogenated alkanes) is 1. The van der Waals surface area contributed by atoms with Gasteiger partial charge in [0, 0.05) is 38.2 Å². The van der Waals surface area contributed by atoms with Crippen molar-refractivity contribution in [2.45, 2.75) is 119 Å². The van der Waals surface area contributed by atoms with Gasteiger partial charge in [0.1, 0.15) is 43.0 Å². The van der Waals surface area contributed by atoms with Crippen LogP contribution in [-0.2, 0) is 62.5 Å². The quantitative estimate of drug-likeness (QED) is 0.0318. The molecule has 9 atom stereocenters. The monoisotopic (exact) mass is 959 g/mol. The van der Waals surface area contributed by atoms with Crippen LogP contribution in [0.5, 0.6) is 0 Å². The van der Waals surface area contributed by atoms with E-state index in [0.29, 0.717) is 17.7 Å². The smallest absolute Gasteiger partial charge is 0.305 e. The average Bonchev–Trinajstić information content (AvgIpc) is 3.75. The summed E-state index contributed by atoms with van der Waals surface area (Å²) in [6, 6.07) is 4.42. The summed E-state index contributed by atoms with van der Waals surface area (Å²) in [5.41, 5.74) is 12.0. The number of alkyl halides is 1. The third-order valence-corrected chi connectivity index (χ3v) is 11.0. The molecule has 2 fully saturated rings. The van der Waals surface area contributed by atoms with E-state index in [0.717, 1.165) is 0 Å². The number of carboxylic acid groups (broad SMARTS) is 1. The van der Waals surface area contributed by atoms with Crippen LogP contribution in [-0.4, -0.2) is 170 Å². The van der Waals surface area contributed by atoms with E-state index in [1.807, 2.05) is 0 Å². The number of aliphatic hydroxyl groups is 3. The van der Waals surface area contributed by atoms with Crippen molar-refractivity contribution in [3.8, 4) is 0 Å². The van der Waals surface area contributed by atoms with Crippen molar-refractivity contribution >= 4 is 53.2 Å². The van der Waals surface area contributed by atoms with Crippen molar-refractivity contribution in [3.63, 3.8) is 0 Å². The summed E-state index contributed by atoms with van der Waals surface area (Å²) in [7, 11) is 0.